The van der Waals surface area contributed by atoms with Crippen molar-refractivity contribution in [1.82, 2.24) is 25.4 Å². The van der Waals surface area contributed by atoms with Gasteiger partial charge in [-0.05, 0) is 29.2 Å². The molecule has 2 atom stereocenters. The maximum atomic E-state index is 13.9. The molecule has 1 aromatic heterocycles. The number of benzene rings is 1. The van der Waals surface area contributed by atoms with E-state index in [2.05, 4.69) is 22.2 Å². The highest BCUT2D eigenvalue weighted by Gasteiger charge is 2.49. The second-order valence-electron chi connectivity index (χ2n) is 9.43. The Balaban J connectivity index is 1.71. The maximum absolute atomic E-state index is 13.9. The Hall–Kier alpha value is -4.15. The second kappa shape index (κ2) is 10.7. The van der Waals surface area contributed by atoms with Crippen LogP contribution < -0.4 is 10.6 Å². The van der Waals surface area contributed by atoms with Gasteiger partial charge in [0.25, 0.3) is 5.91 Å². The number of amides is 4. The third-order valence-corrected chi connectivity index (χ3v) is 6.56. The van der Waals surface area contributed by atoms with Crippen molar-refractivity contribution in [3.8, 4) is 0 Å². The molecule has 0 radical (unpaired) electrons. The van der Waals surface area contributed by atoms with Crippen LogP contribution in [0.5, 0.6) is 0 Å². The van der Waals surface area contributed by atoms with Crippen molar-refractivity contribution in [2.24, 2.45) is 5.92 Å². The Morgan fingerprint density at radius 3 is 2.61 bits per heavy atom. The van der Waals surface area contributed by atoms with Gasteiger partial charge in [-0.25, -0.2) is 4.79 Å². The highest BCUT2D eigenvalue weighted by molar-refractivity contribution is 6.03. The molecule has 0 aliphatic carbocycles. The molecule has 11 heteroatoms. The molecule has 2 aliphatic rings. The number of urea groups is 1. The molecule has 0 unspecified atom stereocenters. The van der Waals surface area contributed by atoms with E-state index >= 15 is 0 Å². The van der Waals surface area contributed by atoms with E-state index in [1.54, 1.807) is 38.4 Å². The largest absolute Gasteiger partial charge is 0.416 e. The number of pyridine rings is 1. The topological polar surface area (TPSA) is 94.6 Å². The van der Waals surface area contributed by atoms with Crippen LogP contribution in [0.3, 0.4) is 0 Å². The van der Waals surface area contributed by atoms with Gasteiger partial charge in [0, 0.05) is 25.5 Å². The number of aromatic nitrogens is 1. The highest BCUT2D eigenvalue weighted by Crippen LogP contribution is 2.42. The predicted octanol–water partition coefficient (Wildman–Crippen LogP) is 3.79. The van der Waals surface area contributed by atoms with Crippen LogP contribution in [-0.4, -0.2) is 51.8 Å². The van der Waals surface area contributed by atoms with E-state index in [9.17, 15) is 27.6 Å². The van der Waals surface area contributed by atoms with Gasteiger partial charge in [-0.3, -0.25) is 19.5 Å². The van der Waals surface area contributed by atoms with E-state index in [0.29, 0.717) is 0 Å². The Morgan fingerprint density at radius 2 is 1.97 bits per heavy atom. The van der Waals surface area contributed by atoms with Gasteiger partial charge in [-0.2, -0.15) is 13.2 Å². The lowest BCUT2D eigenvalue weighted by Crippen LogP contribution is -2.51. The Bertz CT molecular complexity index is 1280. The van der Waals surface area contributed by atoms with Crippen molar-refractivity contribution in [2.45, 2.75) is 38.7 Å². The van der Waals surface area contributed by atoms with Crippen LogP contribution in [0.1, 0.15) is 36.6 Å². The molecule has 1 aromatic carbocycles. The maximum Gasteiger partial charge on any atom is 0.416 e. The molecule has 2 aliphatic heterocycles. The zero-order valence-electron chi connectivity index (χ0n) is 21.0. The molecule has 8 nitrogen and oxygen atoms in total. The zero-order chi connectivity index (χ0) is 27.6. The average molecular weight is 528 g/mol. The van der Waals surface area contributed by atoms with Crippen molar-refractivity contribution in [3.63, 3.8) is 0 Å². The number of halogens is 3. The summed E-state index contributed by atoms with van der Waals surface area (Å²) in [6.45, 7) is 7.33. The first-order valence-corrected chi connectivity index (χ1v) is 12.1. The van der Waals surface area contributed by atoms with Gasteiger partial charge in [0.15, 0.2) is 0 Å². The van der Waals surface area contributed by atoms with Gasteiger partial charge >= 0.3 is 12.2 Å². The Morgan fingerprint density at radius 1 is 1.24 bits per heavy atom. The number of rotatable bonds is 8. The summed E-state index contributed by atoms with van der Waals surface area (Å²) in [5.74, 6) is -1.35. The molecular formula is C27H28F3N5O3. The van der Waals surface area contributed by atoms with E-state index in [4.69, 9.17) is 0 Å². The van der Waals surface area contributed by atoms with Crippen LogP contribution in [0.15, 0.2) is 72.7 Å². The summed E-state index contributed by atoms with van der Waals surface area (Å²) in [5, 5.41) is 5.40. The number of hydrogen-bond acceptors (Lipinski definition) is 4. The molecule has 0 spiro atoms. The second-order valence-corrected chi connectivity index (χ2v) is 9.43. The Labute approximate surface area is 218 Å². The fourth-order valence-corrected chi connectivity index (χ4v) is 4.90. The number of hydrogen-bond donors (Lipinski definition) is 2. The van der Waals surface area contributed by atoms with Crippen LogP contribution >= 0.6 is 0 Å². The summed E-state index contributed by atoms with van der Waals surface area (Å²) in [7, 11) is 0. The summed E-state index contributed by atoms with van der Waals surface area (Å²) in [5.41, 5.74) is -0.156. The van der Waals surface area contributed by atoms with Crippen LogP contribution in [0.2, 0.25) is 0 Å². The molecule has 4 amide bonds. The summed E-state index contributed by atoms with van der Waals surface area (Å²) in [4.78, 5) is 46.8. The fourth-order valence-electron chi connectivity index (χ4n) is 4.90. The third-order valence-electron chi connectivity index (χ3n) is 6.56. The van der Waals surface area contributed by atoms with E-state index in [1.807, 2.05) is 0 Å². The first kappa shape index (κ1) is 26.9. The number of alkyl halides is 3. The van der Waals surface area contributed by atoms with Gasteiger partial charge in [0.1, 0.15) is 6.04 Å². The molecule has 0 saturated carbocycles. The SMILES string of the molecule is C=CCN1C(=O)N[C@H](c2ccccc2C(F)(F)F)C2=C1CN([C@H](C(=O)NCc1cccnc1)C(C)C)C2=O. The minimum absolute atomic E-state index is 0.00820. The lowest BCUT2D eigenvalue weighted by Gasteiger charge is -2.33. The van der Waals surface area contributed by atoms with E-state index < -0.39 is 41.7 Å². The first-order valence-electron chi connectivity index (χ1n) is 12.1. The van der Waals surface area contributed by atoms with Gasteiger partial charge < -0.3 is 15.5 Å². The number of carbonyl (C=O) groups excluding carboxylic acids is 3. The smallest absolute Gasteiger partial charge is 0.350 e. The van der Waals surface area contributed by atoms with Gasteiger partial charge in [0.2, 0.25) is 5.91 Å². The molecule has 38 heavy (non-hydrogen) atoms. The number of carbonyl (C=O) groups is 3. The standard InChI is InChI=1S/C27H28F3N5O3/c1-4-12-34-20-15-35(23(16(2)3)24(36)32-14-17-8-7-11-31-13-17)25(37)21(20)22(33-26(34)38)18-9-5-6-10-19(18)27(28,29)30/h4-11,13,16,22-23H,1,12,14-15H2,2-3H3,(H,32,36)(H,33,38)/t22-,23+/m1/s1. The van der Waals surface area contributed by atoms with Crippen molar-refractivity contribution < 1.29 is 27.6 Å². The number of nitrogens with zero attached hydrogens (tertiary/aromatic N) is 3. The molecule has 3 heterocycles. The van der Waals surface area contributed by atoms with Crippen molar-refractivity contribution in [3.05, 3.63) is 89.4 Å². The highest BCUT2D eigenvalue weighted by atomic mass is 19.4. The van der Waals surface area contributed by atoms with E-state index in [0.717, 1.165) is 11.6 Å². The molecule has 0 fully saturated rings. The monoisotopic (exact) mass is 527 g/mol. The van der Waals surface area contributed by atoms with Crippen molar-refractivity contribution in [2.75, 3.05) is 13.1 Å². The molecule has 0 saturated heterocycles. The summed E-state index contributed by atoms with van der Waals surface area (Å²) >= 11 is 0. The van der Waals surface area contributed by atoms with E-state index in [1.165, 1.54) is 34.1 Å². The van der Waals surface area contributed by atoms with Crippen LogP contribution in [0.25, 0.3) is 0 Å². The summed E-state index contributed by atoms with van der Waals surface area (Å²) < 4.78 is 41.6. The van der Waals surface area contributed by atoms with Crippen LogP contribution in [-0.2, 0) is 22.3 Å². The molecule has 4 rings (SSSR count). The fraction of sp³-hybridized carbons (Fsp3) is 0.333. The first-order chi connectivity index (χ1) is 18.0. The van der Waals surface area contributed by atoms with E-state index in [-0.39, 0.29) is 42.4 Å². The van der Waals surface area contributed by atoms with Gasteiger partial charge in [-0.15, -0.1) is 6.58 Å². The molecule has 200 valence electrons. The predicted molar refractivity (Wildman–Crippen MR) is 133 cm³/mol. The van der Waals surface area contributed by atoms with Crippen molar-refractivity contribution in [1.29, 1.82) is 0 Å². The zero-order valence-corrected chi connectivity index (χ0v) is 21.0. The molecule has 0 bridgehead atoms. The summed E-state index contributed by atoms with van der Waals surface area (Å²) in [6.07, 6.45) is -0.0196. The van der Waals surface area contributed by atoms with Gasteiger partial charge in [-0.1, -0.05) is 44.2 Å². The minimum Gasteiger partial charge on any atom is -0.350 e. The van der Waals surface area contributed by atoms with Crippen molar-refractivity contribution >= 4 is 17.8 Å². The molecular weight excluding hydrogens is 499 g/mol. The minimum atomic E-state index is -4.70. The molecule has 2 N–H and O–H groups in total. The normalized spacial score (nSPS) is 18.4. The number of nitrogens with one attached hydrogen (secondary N) is 2. The third kappa shape index (κ3) is 5.13. The molecule has 2 aromatic rings. The van der Waals surface area contributed by atoms with Gasteiger partial charge in [0.05, 0.1) is 29.4 Å². The average Bonchev–Trinajstić information content (AvgIpc) is 3.20. The van der Waals surface area contributed by atoms with Crippen LogP contribution in [0.4, 0.5) is 18.0 Å². The Kier molecular flexibility index (Phi) is 7.56. The van der Waals surface area contributed by atoms with Crippen LogP contribution in [0, 0.1) is 5.92 Å². The lowest BCUT2D eigenvalue weighted by atomic mass is 9.91. The quantitative estimate of drug-likeness (QED) is 0.511. The lowest BCUT2D eigenvalue weighted by molar-refractivity contribution is -0.139. The summed E-state index contributed by atoms with van der Waals surface area (Å²) in [6, 6.07) is 5.46.